The maximum Gasteiger partial charge on any atom is 0.410 e. The van der Waals surface area contributed by atoms with E-state index in [-0.39, 0.29) is 12.7 Å². The molecule has 0 saturated heterocycles. The molecule has 1 amide bonds. The van der Waals surface area contributed by atoms with E-state index in [2.05, 4.69) is 5.10 Å². The molecule has 106 valence electrons. The molecule has 5 nitrogen and oxygen atoms in total. The lowest BCUT2D eigenvalue weighted by atomic mass is 10.2. The van der Waals surface area contributed by atoms with Crippen molar-refractivity contribution < 1.29 is 9.53 Å². The molecule has 0 aliphatic carbocycles. The second-order valence-electron chi connectivity index (χ2n) is 4.53. The van der Waals surface area contributed by atoms with Crippen LogP contribution in [0.3, 0.4) is 0 Å². The van der Waals surface area contributed by atoms with Crippen LogP contribution in [0.25, 0.3) is 0 Å². The smallest absolute Gasteiger partial charge is 0.410 e. The number of aromatic nitrogens is 2. The molecule has 2 aromatic rings. The van der Waals surface area contributed by atoms with Gasteiger partial charge in [0.15, 0.2) is 0 Å². The van der Waals surface area contributed by atoms with Crippen LogP contribution in [-0.4, -0.2) is 27.8 Å². The first-order valence-corrected chi connectivity index (χ1v) is 6.63. The van der Waals surface area contributed by atoms with Gasteiger partial charge in [0.1, 0.15) is 6.61 Å². The molecule has 2 rings (SSSR count). The Bertz CT molecular complexity index is 551. The Hall–Kier alpha value is -2.30. The normalized spacial score (nSPS) is 10.3. The Morgan fingerprint density at radius 3 is 2.75 bits per heavy atom. The monoisotopic (exact) mass is 273 g/mol. The highest BCUT2D eigenvalue weighted by molar-refractivity contribution is 5.67. The van der Waals surface area contributed by atoms with E-state index in [9.17, 15) is 4.79 Å². The van der Waals surface area contributed by atoms with Crippen LogP contribution < -0.4 is 0 Å². The fourth-order valence-corrected chi connectivity index (χ4v) is 1.92. The number of aryl methyl sites for hydroxylation is 1. The van der Waals surface area contributed by atoms with Crippen LogP contribution in [0.2, 0.25) is 0 Å². The number of carbonyl (C=O) groups excluding carboxylic acids is 1. The zero-order valence-corrected chi connectivity index (χ0v) is 11.8. The molecule has 0 unspecified atom stereocenters. The number of amides is 1. The maximum atomic E-state index is 11.9. The van der Waals surface area contributed by atoms with Gasteiger partial charge in [-0.1, -0.05) is 30.3 Å². The molecule has 0 saturated carbocycles. The van der Waals surface area contributed by atoms with Crippen molar-refractivity contribution in [2.24, 2.45) is 0 Å². The largest absolute Gasteiger partial charge is 0.445 e. The van der Waals surface area contributed by atoms with Crippen molar-refractivity contribution in [3.05, 3.63) is 53.9 Å². The molecule has 0 atom stereocenters. The van der Waals surface area contributed by atoms with Crippen LogP contribution in [-0.2, 0) is 24.4 Å². The first-order chi connectivity index (χ1) is 9.70. The molecule has 0 radical (unpaired) electrons. The quantitative estimate of drug-likeness (QED) is 0.841. The number of ether oxygens (including phenoxy) is 1. The fourth-order valence-electron chi connectivity index (χ4n) is 1.92. The van der Waals surface area contributed by atoms with Crippen molar-refractivity contribution in [1.29, 1.82) is 0 Å². The van der Waals surface area contributed by atoms with Crippen LogP contribution in [0.4, 0.5) is 4.79 Å². The molecule has 0 fully saturated rings. The van der Waals surface area contributed by atoms with E-state index in [1.54, 1.807) is 18.1 Å². The summed E-state index contributed by atoms with van der Waals surface area (Å²) in [6.07, 6.45) is 1.40. The highest BCUT2D eigenvalue weighted by Gasteiger charge is 2.12. The van der Waals surface area contributed by atoms with E-state index in [4.69, 9.17) is 4.74 Å². The molecule has 0 N–H and O–H groups in total. The molecule has 0 aliphatic rings. The Labute approximate surface area is 118 Å². The second-order valence-corrected chi connectivity index (χ2v) is 4.53. The molecule has 20 heavy (non-hydrogen) atoms. The van der Waals surface area contributed by atoms with E-state index in [0.29, 0.717) is 6.54 Å². The topological polar surface area (TPSA) is 47.4 Å². The summed E-state index contributed by atoms with van der Waals surface area (Å²) in [5.41, 5.74) is 1.97. The first kappa shape index (κ1) is 14.1. The predicted octanol–water partition coefficient (Wildman–Crippen LogP) is 2.67. The van der Waals surface area contributed by atoms with Crippen molar-refractivity contribution in [2.75, 3.05) is 7.05 Å². The Morgan fingerprint density at radius 2 is 2.05 bits per heavy atom. The second kappa shape index (κ2) is 6.75. The van der Waals surface area contributed by atoms with Crippen molar-refractivity contribution in [1.82, 2.24) is 14.7 Å². The van der Waals surface area contributed by atoms with Gasteiger partial charge in [0.25, 0.3) is 0 Å². The van der Waals surface area contributed by atoms with Crippen molar-refractivity contribution >= 4 is 6.09 Å². The average Bonchev–Trinajstić information content (AvgIpc) is 2.93. The highest BCUT2D eigenvalue weighted by Crippen LogP contribution is 2.06. The number of rotatable bonds is 5. The molecule has 1 heterocycles. The standard InChI is InChI=1S/C15H19N3O2/c1-3-18-14(9-10-16-18)11-17(2)15(19)20-12-13-7-5-4-6-8-13/h4-10H,3,11-12H2,1-2H3. The van der Waals surface area contributed by atoms with Crippen LogP contribution in [0, 0.1) is 0 Å². The van der Waals surface area contributed by atoms with Gasteiger partial charge in [0.05, 0.1) is 12.2 Å². The van der Waals surface area contributed by atoms with E-state index in [1.807, 2.05) is 48.0 Å². The van der Waals surface area contributed by atoms with Crippen LogP contribution >= 0.6 is 0 Å². The number of benzene rings is 1. The molecular weight excluding hydrogens is 254 g/mol. The molecule has 5 heteroatoms. The average molecular weight is 273 g/mol. The van der Waals surface area contributed by atoms with Gasteiger partial charge in [-0.15, -0.1) is 0 Å². The zero-order chi connectivity index (χ0) is 14.4. The van der Waals surface area contributed by atoms with Gasteiger partial charge in [0, 0.05) is 19.8 Å². The van der Waals surface area contributed by atoms with Crippen molar-refractivity contribution in [3.8, 4) is 0 Å². The van der Waals surface area contributed by atoms with Crippen LogP contribution in [0.1, 0.15) is 18.2 Å². The van der Waals surface area contributed by atoms with Gasteiger partial charge in [-0.3, -0.25) is 4.68 Å². The fraction of sp³-hybridized carbons (Fsp3) is 0.333. The Kier molecular flexibility index (Phi) is 4.76. The van der Waals surface area contributed by atoms with Gasteiger partial charge in [-0.25, -0.2) is 4.79 Å². The minimum Gasteiger partial charge on any atom is -0.445 e. The van der Waals surface area contributed by atoms with Crippen LogP contribution in [0.5, 0.6) is 0 Å². The van der Waals surface area contributed by atoms with E-state index in [1.165, 1.54) is 0 Å². The third-order valence-corrected chi connectivity index (χ3v) is 3.02. The number of nitrogens with zero attached hydrogens (tertiary/aromatic N) is 3. The first-order valence-electron chi connectivity index (χ1n) is 6.63. The van der Waals surface area contributed by atoms with E-state index < -0.39 is 0 Å². The minimum absolute atomic E-state index is 0.289. The number of hydrogen-bond donors (Lipinski definition) is 0. The Balaban J connectivity index is 1.86. The molecule has 1 aromatic carbocycles. The number of hydrogen-bond acceptors (Lipinski definition) is 3. The third kappa shape index (κ3) is 3.60. The van der Waals surface area contributed by atoms with E-state index >= 15 is 0 Å². The summed E-state index contributed by atoms with van der Waals surface area (Å²) in [6.45, 7) is 3.58. The summed E-state index contributed by atoms with van der Waals surface area (Å²) in [4.78, 5) is 13.5. The third-order valence-electron chi connectivity index (χ3n) is 3.02. The maximum absolute atomic E-state index is 11.9. The van der Waals surface area contributed by atoms with Crippen LogP contribution in [0.15, 0.2) is 42.6 Å². The minimum atomic E-state index is -0.335. The lowest BCUT2D eigenvalue weighted by Gasteiger charge is -2.17. The molecule has 0 spiro atoms. The van der Waals surface area contributed by atoms with Crippen molar-refractivity contribution in [2.45, 2.75) is 26.6 Å². The summed E-state index contributed by atoms with van der Waals surface area (Å²) in [7, 11) is 1.72. The molecule has 0 bridgehead atoms. The van der Waals surface area contributed by atoms with E-state index in [0.717, 1.165) is 17.8 Å². The summed E-state index contributed by atoms with van der Waals surface area (Å²) >= 11 is 0. The van der Waals surface area contributed by atoms with Gasteiger partial charge < -0.3 is 9.64 Å². The summed E-state index contributed by atoms with van der Waals surface area (Å²) in [6, 6.07) is 11.5. The van der Waals surface area contributed by atoms with Gasteiger partial charge in [-0.2, -0.15) is 5.10 Å². The lowest BCUT2D eigenvalue weighted by Crippen LogP contribution is -2.28. The molecular formula is C15H19N3O2. The molecule has 1 aromatic heterocycles. The zero-order valence-electron chi connectivity index (χ0n) is 11.8. The van der Waals surface area contributed by atoms with Crippen molar-refractivity contribution in [3.63, 3.8) is 0 Å². The SMILES string of the molecule is CCn1nccc1CN(C)C(=O)OCc1ccccc1. The summed E-state index contributed by atoms with van der Waals surface area (Å²) in [5, 5.41) is 4.18. The number of carbonyl (C=O) groups is 1. The summed E-state index contributed by atoms with van der Waals surface area (Å²) < 4.78 is 7.13. The molecule has 0 aliphatic heterocycles. The Morgan fingerprint density at radius 1 is 1.30 bits per heavy atom. The lowest BCUT2D eigenvalue weighted by molar-refractivity contribution is 0.102. The van der Waals surface area contributed by atoms with Gasteiger partial charge in [0.2, 0.25) is 0 Å². The van der Waals surface area contributed by atoms with Gasteiger partial charge in [-0.05, 0) is 18.6 Å². The van der Waals surface area contributed by atoms with Gasteiger partial charge >= 0.3 is 6.09 Å². The predicted molar refractivity (Wildman–Crippen MR) is 76.0 cm³/mol. The summed E-state index contributed by atoms with van der Waals surface area (Å²) in [5.74, 6) is 0. The highest BCUT2D eigenvalue weighted by atomic mass is 16.6.